The molecule has 0 aromatic rings. The molecule has 0 radical (unpaired) electrons. The number of nitrogens with one attached hydrogen (secondary N) is 3. The van der Waals surface area contributed by atoms with Crippen molar-refractivity contribution in [1.29, 1.82) is 0 Å². The van der Waals surface area contributed by atoms with Gasteiger partial charge in [-0.2, -0.15) is 0 Å². The summed E-state index contributed by atoms with van der Waals surface area (Å²) < 4.78 is 25.5. The molecule has 3 aliphatic carbocycles. The molecular formula is C34H59N5O7S. The van der Waals surface area contributed by atoms with Crippen LogP contribution in [-0.2, 0) is 29.0 Å². The smallest absolute Gasteiger partial charge is 0.315 e. The number of ketones is 1. The highest BCUT2D eigenvalue weighted by atomic mass is 32.2. The van der Waals surface area contributed by atoms with Gasteiger partial charge in [0.15, 0.2) is 9.84 Å². The first-order chi connectivity index (χ1) is 20.9. The van der Waals surface area contributed by atoms with Crippen LogP contribution in [0.5, 0.6) is 0 Å². The van der Waals surface area contributed by atoms with Gasteiger partial charge in [-0.25, -0.2) is 13.2 Å². The number of sulfone groups is 1. The molecule has 5 amide bonds. The molecule has 1 saturated heterocycles. The SMILES string of the molecule is C.CC[C@H]1C[C@]1(NC(=O)[C@@H]1[C@@H]2[C@H](CN1C(=O)[C@@H](NC(=O)NC1(CS(=O)(=O)C(C)(C)C)CCCCC1)C(C)(C)C)C2(C)C)C(=O)C(N)=O. The highest BCUT2D eigenvalue weighted by molar-refractivity contribution is 7.92. The molecule has 6 atom stereocenters. The maximum atomic E-state index is 14.4. The fourth-order valence-electron chi connectivity index (χ4n) is 7.97. The van der Waals surface area contributed by atoms with Crippen LogP contribution in [0.1, 0.15) is 115 Å². The first kappa shape index (κ1) is 38.7. The molecule has 4 aliphatic rings. The third-order valence-electron chi connectivity index (χ3n) is 11.3. The monoisotopic (exact) mass is 681 g/mol. The summed E-state index contributed by atoms with van der Waals surface area (Å²) in [6, 6.07) is -2.55. The van der Waals surface area contributed by atoms with Crippen LogP contribution in [0.15, 0.2) is 0 Å². The number of rotatable bonds is 10. The summed E-state index contributed by atoms with van der Waals surface area (Å²) in [4.78, 5) is 68.2. The standard InChI is InChI=1S/C33H55N5O7S.CH4/c1-10-19-16-33(19,24(39)25(34)40)36-26(41)22-21-20(31(21,8)9)17-38(22)27(42)23(29(2,3)4)35-28(43)37-32(14-12-11-13-15-32)18-46(44,45)30(5,6)7;/h19-23H,10-18H2,1-9H3,(H2,34,40)(H,36,41)(H2,35,37,43);1H4/t19-,20-,21-,22-,23+,33+;/m0./s1. The molecule has 0 bridgehead atoms. The van der Waals surface area contributed by atoms with E-state index in [0.29, 0.717) is 32.2 Å². The second-order valence-electron chi connectivity index (χ2n) is 17.0. The molecule has 1 aliphatic heterocycles. The fraction of sp³-hybridized carbons (Fsp3) is 0.853. The van der Waals surface area contributed by atoms with Crippen molar-refractivity contribution in [3.8, 4) is 0 Å². The number of hydrogen-bond donors (Lipinski definition) is 4. The van der Waals surface area contributed by atoms with Gasteiger partial charge < -0.3 is 26.6 Å². The Morgan fingerprint density at radius 3 is 2.00 bits per heavy atom. The summed E-state index contributed by atoms with van der Waals surface area (Å²) in [7, 11) is -3.56. The Kier molecular flexibility index (Phi) is 10.4. The first-order valence-electron chi connectivity index (χ1n) is 16.7. The Balaban J connectivity index is 0.00000600. The van der Waals surface area contributed by atoms with Crippen molar-refractivity contribution in [2.45, 2.75) is 143 Å². The number of nitrogens with two attached hydrogens (primary N) is 1. The van der Waals surface area contributed by atoms with Gasteiger partial charge in [-0.1, -0.05) is 74.7 Å². The van der Waals surface area contributed by atoms with E-state index in [0.717, 1.165) is 19.3 Å². The quantitative estimate of drug-likeness (QED) is 0.255. The zero-order valence-electron chi connectivity index (χ0n) is 29.0. The van der Waals surface area contributed by atoms with E-state index >= 15 is 0 Å². The lowest BCUT2D eigenvalue weighted by atomic mass is 9.83. The number of urea groups is 1. The minimum absolute atomic E-state index is 0. The number of Topliss-reactive ketones (excluding diaryl/α,β-unsaturated/α-hetero) is 1. The summed E-state index contributed by atoms with van der Waals surface area (Å²) in [5, 5.41) is 8.70. The number of nitrogens with zero attached hydrogens (tertiary/aromatic N) is 1. The number of piperidine rings is 1. The van der Waals surface area contributed by atoms with Gasteiger partial charge in [-0.15, -0.1) is 0 Å². The van der Waals surface area contributed by atoms with Gasteiger partial charge in [0, 0.05) is 6.54 Å². The van der Waals surface area contributed by atoms with E-state index in [4.69, 9.17) is 5.73 Å². The zero-order valence-corrected chi connectivity index (χ0v) is 29.9. The lowest BCUT2D eigenvalue weighted by Gasteiger charge is -2.41. The summed E-state index contributed by atoms with van der Waals surface area (Å²) in [6.45, 7) is 16.7. The van der Waals surface area contributed by atoms with Crippen molar-refractivity contribution in [3.05, 3.63) is 0 Å². The molecule has 0 aromatic carbocycles. The van der Waals surface area contributed by atoms with Gasteiger partial charge >= 0.3 is 6.03 Å². The van der Waals surface area contributed by atoms with Gasteiger partial charge in [-0.3, -0.25) is 19.2 Å². The Labute approximate surface area is 281 Å². The van der Waals surface area contributed by atoms with Crippen LogP contribution >= 0.6 is 0 Å². The first-order valence-corrected chi connectivity index (χ1v) is 18.4. The number of carbonyl (C=O) groups excluding carboxylic acids is 5. The average molecular weight is 682 g/mol. The maximum absolute atomic E-state index is 14.4. The Morgan fingerprint density at radius 1 is 0.957 bits per heavy atom. The minimum atomic E-state index is -3.56. The predicted octanol–water partition coefficient (Wildman–Crippen LogP) is 3.07. The van der Waals surface area contributed by atoms with Gasteiger partial charge in [0.2, 0.25) is 17.6 Å². The number of hydrogen-bond acceptors (Lipinski definition) is 7. The van der Waals surface area contributed by atoms with Crippen LogP contribution in [0.25, 0.3) is 0 Å². The van der Waals surface area contributed by atoms with Crippen LogP contribution in [0.3, 0.4) is 0 Å². The maximum Gasteiger partial charge on any atom is 0.315 e. The van der Waals surface area contributed by atoms with Crippen molar-refractivity contribution in [1.82, 2.24) is 20.9 Å². The third kappa shape index (κ3) is 7.20. The van der Waals surface area contributed by atoms with E-state index in [1.165, 1.54) is 4.90 Å². The number of fused-ring (bicyclic) bond motifs is 1. The van der Waals surface area contributed by atoms with Gasteiger partial charge in [0.25, 0.3) is 5.91 Å². The highest BCUT2D eigenvalue weighted by Gasteiger charge is 2.71. The Hall–Kier alpha value is -2.70. The number of amides is 5. The van der Waals surface area contributed by atoms with Crippen molar-refractivity contribution < 1.29 is 32.4 Å². The van der Waals surface area contributed by atoms with E-state index < -0.39 is 72.7 Å². The molecule has 0 unspecified atom stereocenters. The Bertz CT molecular complexity index is 1390. The van der Waals surface area contributed by atoms with Crippen molar-refractivity contribution in [3.63, 3.8) is 0 Å². The van der Waals surface area contributed by atoms with E-state index in [2.05, 4.69) is 16.0 Å². The van der Waals surface area contributed by atoms with Crippen LogP contribution in [0, 0.1) is 28.6 Å². The second kappa shape index (κ2) is 12.6. The topological polar surface area (TPSA) is 185 Å². The molecule has 268 valence electrons. The van der Waals surface area contributed by atoms with Gasteiger partial charge in [0.1, 0.15) is 17.6 Å². The second-order valence-corrected chi connectivity index (χ2v) is 19.7. The summed E-state index contributed by atoms with van der Waals surface area (Å²) in [5.74, 6) is -3.36. The van der Waals surface area contributed by atoms with E-state index in [9.17, 15) is 32.4 Å². The Morgan fingerprint density at radius 2 is 1.53 bits per heavy atom. The molecule has 4 rings (SSSR count). The molecule has 3 saturated carbocycles. The highest BCUT2D eigenvalue weighted by Crippen LogP contribution is 2.65. The molecule has 0 spiro atoms. The van der Waals surface area contributed by atoms with Gasteiger partial charge in [0.05, 0.1) is 16.0 Å². The average Bonchev–Trinajstić information content (AvgIpc) is 3.67. The third-order valence-corrected chi connectivity index (χ3v) is 14.1. The number of primary amides is 1. The molecule has 4 fully saturated rings. The molecule has 5 N–H and O–H groups in total. The lowest BCUT2D eigenvalue weighted by molar-refractivity contribution is -0.145. The molecule has 13 heteroatoms. The summed E-state index contributed by atoms with van der Waals surface area (Å²) in [6.07, 6.45) is 4.43. The summed E-state index contributed by atoms with van der Waals surface area (Å²) in [5.41, 5.74) is 2.06. The fourth-order valence-corrected chi connectivity index (χ4v) is 9.50. The lowest BCUT2D eigenvalue weighted by Crippen LogP contribution is -2.64. The van der Waals surface area contributed by atoms with Gasteiger partial charge in [-0.05, 0) is 68.6 Å². The van der Waals surface area contributed by atoms with Crippen molar-refractivity contribution in [2.24, 2.45) is 34.3 Å². The normalized spacial score (nSPS) is 29.8. The van der Waals surface area contributed by atoms with Crippen LogP contribution in [0.2, 0.25) is 0 Å². The van der Waals surface area contributed by atoms with Crippen molar-refractivity contribution >= 4 is 39.4 Å². The number of likely N-dealkylation sites (tertiary alicyclic amines) is 1. The summed E-state index contributed by atoms with van der Waals surface area (Å²) >= 11 is 0. The van der Waals surface area contributed by atoms with Crippen molar-refractivity contribution in [2.75, 3.05) is 12.3 Å². The molecule has 12 nitrogen and oxygen atoms in total. The molecular weight excluding hydrogens is 622 g/mol. The molecule has 0 aromatic heterocycles. The largest absolute Gasteiger partial charge is 0.363 e. The van der Waals surface area contributed by atoms with E-state index in [-0.39, 0.29) is 36.3 Å². The molecule has 47 heavy (non-hydrogen) atoms. The predicted molar refractivity (Wildman–Crippen MR) is 181 cm³/mol. The number of carbonyl (C=O) groups is 5. The van der Waals surface area contributed by atoms with E-state index in [1.54, 1.807) is 20.8 Å². The van der Waals surface area contributed by atoms with Crippen LogP contribution in [0.4, 0.5) is 4.79 Å². The van der Waals surface area contributed by atoms with Crippen LogP contribution in [-0.4, -0.2) is 83.1 Å². The molecule has 1 heterocycles. The zero-order chi connectivity index (χ0) is 34.8. The van der Waals surface area contributed by atoms with Crippen LogP contribution < -0.4 is 21.7 Å². The van der Waals surface area contributed by atoms with E-state index in [1.807, 2.05) is 41.5 Å². The minimum Gasteiger partial charge on any atom is -0.363 e.